The van der Waals surface area contributed by atoms with Crippen LogP contribution in [0.4, 0.5) is 0 Å². The smallest absolute Gasteiger partial charge is 0.0704 e. The van der Waals surface area contributed by atoms with Gasteiger partial charge in [0.2, 0.25) is 0 Å². The van der Waals surface area contributed by atoms with Gasteiger partial charge in [-0.2, -0.15) is 0 Å². The number of hydrogen-bond acceptors (Lipinski definition) is 3. The van der Waals surface area contributed by atoms with E-state index in [9.17, 15) is 0 Å². The number of rotatable bonds is 11. The lowest BCUT2D eigenvalue weighted by Gasteiger charge is -2.19. The number of pyridine rings is 3. The van der Waals surface area contributed by atoms with E-state index >= 15 is 0 Å². The van der Waals surface area contributed by atoms with Gasteiger partial charge in [-0.05, 0) is 175 Å². The highest BCUT2D eigenvalue weighted by atomic mass is 14.7. The molecule has 12 rings (SSSR count). The highest BCUT2D eigenvalue weighted by Gasteiger charge is 2.19. The molecular formula is C71H51N3. The molecule has 0 unspecified atom stereocenters. The van der Waals surface area contributed by atoms with Crippen molar-refractivity contribution >= 4 is 0 Å². The van der Waals surface area contributed by atoms with E-state index in [4.69, 9.17) is 4.98 Å². The molecule has 0 fully saturated rings. The first kappa shape index (κ1) is 45.6. The molecule has 0 aliphatic rings. The summed E-state index contributed by atoms with van der Waals surface area (Å²) in [6.07, 6.45) is 5.63. The molecule has 9 aromatic carbocycles. The van der Waals surface area contributed by atoms with Crippen molar-refractivity contribution in [1.82, 2.24) is 15.0 Å². The zero-order chi connectivity index (χ0) is 49.8. The standard InChI is InChI=1S/C71H51N3/c1-48-37-40-73-70(42-48)55-31-27-52(28-32-55)61-16-6-8-18-63(61)58-44-59(64-19-9-7-17-62(64)53-29-33-56(34-30-53)71-43-49(2)38-41-74-71)46-60(45-58)65-20-10-11-21-66(65)67-36-35-57(69-22-12-13-39-72-69)47-68(67)54-25-23-51(24-26-54)50-14-4-3-5-15-50/h3-47H,1-2H3. The Balaban J connectivity index is 1.03. The Morgan fingerprint density at radius 1 is 0.189 bits per heavy atom. The van der Waals surface area contributed by atoms with Crippen LogP contribution < -0.4 is 0 Å². The number of hydrogen-bond donors (Lipinski definition) is 0. The molecule has 0 spiro atoms. The predicted octanol–water partition coefficient (Wildman–Crippen LogP) is 18.8. The SMILES string of the molecule is Cc1ccnc(-c2ccc(-c3ccccc3-c3cc(-c4ccccc4-c4ccc(-c5cc(C)ccn5)cc4)cc(-c4ccccc4-c4ccc(-c5ccccn5)cc4-c4ccc(-c5ccccc5)cc4)c3)cc2)c1. The van der Waals surface area contributed by atoms with E-state index < -0.39 is 0 Å². The summed E-state index contributed by atoms with van der Waals surface area (Å²) in [5, 5.41) is 0. The van der Waals surface area contributed by atoms with Crippen molar-refractivity contribution in [2.45, 2.75) is 13.8 Å². The quantitative estimate of drug-likeness (QED) is 0.130. The third-order valence-electron chi connectivity index (χ3n) is 14.0. The Morgan fingerprint density at radius 3 is 1.01 bits per heavy atom. The summed E-state index contributed by atoms with van der Waals surface area (Å²) >= 11 is 0. The van der Waals surface area contributed by atoms with Crippen LogP contribution in [0.25, 0.3) is 123 Å². The van der Waals surface area contributed by atoms with E-state index in [1.807, 2.05) is 36.8 Å². The third-order valence-corrected chi connectivity index (χ3v) is 14.0. The normalized spacial score (nSPS) is 11.1. The molecule has 350 valence electrons. The van der Waals surface area contributed by atoms with Gasteiger partial charge in [0.1, 0.15) is 0 Å². The highest BCUT2D eigenvalue weighted by molar-refractivity contribution is 5.97. The fourth-order valence-electron chi connectivity index (χ4n) is 10.2. The molecule has 0 saturated carbocycles. The molecule has 3 heteroatoms. The van der Waals surface area contributed by atoms with Crippen LogP contribution in [0.5, 0.6) is 0 Å². The summed E-state index contributed by atoms with van der Waals surface area (Å²) in [7, 11) is 0. The Bertz CT molecular complexity index is 3780. The summed E-state index contributed by atoms with van der Waals surface area (Å²) in [6, 6.07) is 92.1. The second kappa shape index (κ2) is 20.3. The lowest BCUT2D eigenvalue weighted by molar-refractivity contribution is 1.29. The maximum atomic E-state index is 4.78. The second-order valence-corrected chi connectivity index (χ2v) is 18.9. The van der Waals surface area contributed by atoms with E-state index in [1.54, 1.807) is 0 Å². The highest BCUT2D eigenvalue weighted by Crippen LogP contribution is 2.45. The fraction of sp³-hybridized carbons (Fsp3) is 0.0282. The molecule has 0 bridgehead atoms. The predicted molar refractivity (Wildman–Crippen MR) is 309 cm³/mol. The van der Waals surface area contributed by atoms with Crippen molar-refractivity contribution < 1.29 is 0 Å². The van der Waals surface area contributed by atoms with E-state index in [0.717, 1.165) is 112 Å². The lowest BCUT2D eigenvalue weighted by Crippen LogP contribution is -1.94. The van der Waals surface area contributed by atoms with E-state index in [2.05, 4.69) is 260 Å². The summed E-state index contributed by atoms with van der Waals surface area (Å²) in [5.74, 6) is 0. The monoisotopic (exact) mass is 945 g/mol. The molecule has 0 atom stereocenters. The molecule has 0 N–H and O–H groups in total. The first-order chi connectivity index (χ1) is 36.5. The van der Waals surface area contributed by atoms with Gasteiger partial charge in [0.05, 0.1) is 17.1 Å². The maximum absolute atomic E-state index is 4.78. The van der Waals surface area contributed by atoms with Crippen molar-refractivity contribution in [2.75, 3.05) is 0 Å². The van der Waals surface area contributed by atoms with Gasteiger partial charge < -0.3 is 0 Å². The molecule has 0 saturated heterocycles. The van der Waals surface area contributed by atoms with Gasteiger partial charge in [-0.3, -0.25) is 15.0 Å². The Kier molecular flexibility index (Phi) is 12.5. The number of aryl methyl sites for hydroxylation is 2. The number of aromatic nitrogens is 3. The van der Waals surface area contributed by atoms with Crippen LogP contribution >= 0.6 is 0 Å². The summed E-state index contributed by atoms with van der Waals surface area (Å²) in [6.45, 7) is 4.22. The van der Waals surface area contributed by atoms with Crippen LogP contribution in [0.3, 0.4) is 0 Å². The topological polar surface area (TPSA) is 38.7 Å². The Hall–Kier alpha value is -9.57. The van der Waals surface area contributed by atoms with Crippen LogP contribution in [0.15, 0.2) is 273 Å². The zero-order valence-corrected chi connectivity index (χ0v) is 41.3. The molecule has 3 heterocycles. The van der Waals surface area contributed by atoms with Crippen LogP contribution in [0, 0.1) is 13.8 Å². The third kappa shape index (κ3) is 9.39. The minimum absolute atomic E-state index is 0.937. The largest absolute Gasteiger partial charge is 0.256 e. The number of benzene rings is 9. The lowest BCUT2D eigenvalue weighted by atomic mass is 9.84. The van der Waals surface area contributed by atoms with Crippen molar-refractivity contribution in [3.63, 3.8) is 0 Å². The first-order valence-corrected chi connectivity index (χ1v) is 25.2. The van der Waals surface area contributed by atoms with Crippen molar-refractivity contribution in [3.05, 3.63) is 285 Å². The average molecular weight is 946 g/mol. The van der Waals surface area contributed by atoms with E-state index in [0.29, 0.717) is 0 Å². The zero-order valence-electron chi connectivity index (χ0n) is 41.3. The van der Waals surface area contributed by atoms with Crippen LogP contribution in [0.2, 0.25) is 0 Å². The maximum Gasteiger partial charge on any atom is 0.0704 e. The number of nitrogens with zero attached hydrogens (tertiary/aromatic N) is 3. The molecule has 3 aromatic heterocycles. The molecule has 0 aliphatic heterocycles. The van der Waals surface area contributed by atoms with Gasteiger partial charge in [0, 0.05) is 35.3 Å². The Morgan fingerprint density at radius 2 is 0.541 bits per heavy atom. The van der Waals surface area contributed by atoms with Gasteiger partial charge in [-0.15, -0.1) is 0 Å². The summed E-state index contributed by atoms with van der Waals surface area (Å²) < 4.78 is 0. The van der Waals surface area contributed by atoms with Crippen LogP contribution in [-0.4, -0.2) is 15.0 Å². The molecular weight excluding hydrogens is 895 g/mol. The minimum atomic E-state index is 0.937. The van der Waals surface area contributed by atoms with Crippen molar-refractivity contribution in [3.8, 4) is 123 Å². The molecule has 3 nitrogen and oxygen atoms in total. The van der Waals surface area contributed by atoms with Gasteiger partial charge in [0.25, 0.3) is 0 Å². The van der Waals surface area contributed by atoms with Crippen LogP contribution in [-0.2, 0) is 0 Å². The van der Waals surface area contributed by atoms with E-state index in [-0.39, 0.29) is 0 Å². The van der Waals surface area contributed by atoms with Crippen LogP contribution in [0.1, 0.15) is 11.1 Å². The first-order valence-electron chi connectivity index (χ1n) is 25.2. The summed E-state index contributed by atoms with van der Waals surface area (Å²) in [4.78, 5) is 14.1. The van der Waals surface area contributed by atoms with Crippen molar-refractivity contribution in [2.24, 2.45) is 0 Å². The van der Waals surface area contributed by atoms with Gasteiger partial charge >= 0.3 is 0 Å². The van der Waals surface area contributed by atoms with Crippen molar-refractivity contribution in [1.29, 1.82) is 0 Å². The minimum Gasteiger partial charge on any atom is -0.256 e. The van der Waals surface area contributed by atoms with Gasteiger partial charge in [0.15, 0.2) is 0 Å². The van der Waals surface area contributed by atoms with Gasteiger partial charge in [-0.1, -0.05) is 194 Å². The van der Waals surface area contributed by atoms with E-state index in [1.165, 1.54) is 22.3 Å². The molecule has 0 amide bonds. The molecule has 0 aliphatic carbocycles. The fourth-order valence-corrected chi connectivity index (χ4v) is 10.2. The van der Waals surface area contributed by atoms with Gasteiger partial charge in [-0.25, -0.2) is 0 Å². The molecule has 12 aromatic rings. The average Bonchev–Trinajstić information content (AvgIpc) is 3.48. The molecule has 0 radical (unpaired) electrons. The Labute approximate surface area is 433 Å². The molecule has 74 heavy (non-hydrogen) atoms. The second-order valence-electron chi connectivity index (χ2n) is 18.9. The summed E-state index contributed by atoms with van der Waals surface area (Å²) in [5.41, 5.74) is 26.9.